The number of ether oxygens (including phenoxy) is 1. The van der Waals surface area contributed by atoms with Crippen molar-refractivity contribution in [2.75, 3.05) is 12.8 Å². The van der Waals surface area contributed by atoms with Crippen LogP contribution in [0.5, 0.6) is 5.75 Å². The summed E-state index contributed by atoms with van der Waals surface area (Å²) in [5, 5.41) is 0. The van der Waals surface area contributed by atoms with E-state index >= 15 is 0 Å². The Bertz CT molecular complexity index is 836. The quantitative estimate of drug-likeness (QED) is 0.813. The molecule has 128 valence electrons. The Balaban J connectivity index is 1.99. The van der Waals surface area contributed by atoms with Crippen LogP contribution in [0.2, 0.25) is 0 Å². The molecule has 0 heterocycles. The zero-order valence-electron chi connectivity index (χ0n) is 13.3. The summed E-state index contributed by atoms with van der Waals surface area (Å²) in [5.74, 6) is -0.743. The summed E-state index contributed by atoms with van der Waals surface area (Å²) in [6.45, 7) is 0.208. The third-order valence-electron chi connectivity index (χ3n) is 4.01. The van der Waals surface area contributed by atoms with Crippen LogP contribution in [0.25, 0.3) is 0 Å². The topological polar surface area (TPSA) is 72.6 Å². The molecule has 2 aromatic carbocycles. The fraction of sp³-hybridized carbons (Fsp3) is 0.294. The molecule has 7 heteroatoms. The van der Waals surface area contributed by atoms with Crippen LogP contribution in [-0.4, -0.2) is 25.9 Å². The third-order valence-corrected chi connectivity index (χ3v) is 5.92. The first-order valence-electron chi connectivity index (χ1n) is 7.62. The standard InChI is InChI=1S/C17H19FN2O3S/c1-23-16-9-14(18)17(10-15(16)19)24(21,22)20(13-7-8-13)11-12-5-3-2-4-6-12/h2-6,9-10,13H,7-8,11,19H2,1H3. The first kappa shape index (κ1) is 16.7. The van der Waals surface area contributed by atoms with Gasteiger partial charge in [-0.2, -0.15) is 4.31 Å². The van der Waals surface area contributed by atoms with E-state index in [1.165, 1.54) is 11.4 Å². The smallest absolute Gasteiger partial charge is 0.246 e. The lowest BCUT2D eigenvalue weighted by Gasteiger charge is -2.23. The average Bonchev–Trinajstić information content (AvgIpc) is 3.39. The van der Waals surface area contributed by atoms with Crippen molar-refractivity contribution in [1.29, 1.82) is 0 Å². The lowest BCUT2D eigenvalue weighted by atomic mass is 10.2. The summed E-state index contributed by atoms with van der Waals surface area (Å²) in [6.07, 6.45) is 1.55. The predicted octanol–water partition coefficient (Wildman–Crippen LogP) is 2.77. The second-order valence-electron chi connectivity index (χ2n) is 5.79. The summed E-state index contributed by atoms with van der Waals surface area (Å²) in [7, 11) is -2.64. The van der Waals surface area contributed by atoms with Crippen molar-refractivity contribution in [2.24, 2.45) is 0 Å². The van der Waals surface area contributed by atoms with E-state index in [0.717, 1.165) is 30.5 Å². The van der Waals surface area contributed by atoms with Gasteiger partial charge in [-0.15, -0.1) is 0 Å². The van der Waals surface area contributed by atoms with Crippen LogP contribution in [0.15, 0.2) is 47.4 Å². The summed E-state index contributed by atoms with van der Waals surface area (Å²) >= 11 is 0. The highest BCUT2D eigenvalue weighted by molar-refractivity contribution is 7.89. The summed E-state index contributed by atoms with van der Waals surface area (Å²) in [5.41, 5.74) is 6.71. The largest absolute Gasteiger partial charge is 0.494 e. The molecule has 3 rings (SSSR count). The van der Waals surface area contributed by atoms with Gasteiger partial charge >= 0.3 is 0 Å². The van der Waals surface area contributed by atoms with Crippen LogP contribution in [0.3, 0.4) is 0 Å². The first-order chi connectivity index (χ1) is 11.4. The molecule has 24 heavy (non-hydrogen) atoms. The van der Waals surface area contributed by atoms with Gasteiger partial charge in [0.15, 0.2) is 0 Å². The van der Waals surface area contributed by atoms with Crippen molar-refractivity contribution < 1.29 is 17.5 Å². The van der Waals surface area contributed by atoms with Crippen molar-refractivity contribution in [1.82, 2.24) is 4.31 Å². The van der Waals surface area contributed by atoms with Crippen LogP contribution in [0.1, 0.15) is 18.4 Å². The number of nitrogen functional groups attached to an aromatic ring is 1. The fourth-order valence-corrected chi connectivity index (χ4v) is 4.34. The molecule has 0 spiro atoms. The van der Waals surface area contributed by atoms with Crippen LogP contribution >= 0.6 is 0 Å². The van der Waals surface area contributed by atoms with Gasteiger partial charge in [0, 0.05) is 18.7 Å². The van der Waals surface area contributed by atoms with E-state index in [4.69, 9.17) is 10.5 Å². The Labute approximate surface area is 140 Å². The minimum atomic E-state index is -3.99. The molecule has 2 aromatic rings. The second kappa shape index (κ2) is 6.41. The zero-order valence-corrected chi connectivity index (χ0v) is 14.1. The van der Waals surface area contributed by atoms with Crippen molar-refractivity contribution in [2.45, 2.75) is 30.3 Å². The van der Waals surface area contributed by atoms with E-state index in [1.807, 2.05) is 30.3 Å². The first-order valence-corrected chi connectivity index (χ1v) is 9.06. The normalized spacial score (nSPS) is 14.8. The van der Waals surface area contributed by atoms with Gasteiger partial charge in [-0.1, -0.05) is 30.3 Å². The van der Waals surface area contributed by atoms with Gasteiger partial charge in [-0.25, -0.2) is 12.8 Å². The number of nitrogens with two attached hydrogens (primary N) is 1. The highest BCUT2D eigenvalue weighted by Crippen LogP contribution is 2.36. The maximum atomic E-state index is 14.4. The Morgan fingerprint density at radius 1 is 1.25 bits per heavy atom. The van der Waals surface area contributed by atoms with Crippen molar-refractivity contribution in [3.8, 4) is 5.75 Å². The van der Waals surface area contributed by atoms with Gasteiger partial charge < -0.3 is 10.5 Å². The average molecular weight is 350 g/mol. The molecule has 1 saturated carbocycles. The number of anilines is 1. The molecule has 1 fully saturated rings. The van der Waals surface area contributed by atoms with Crippen molar-refractivity contribution in [3.05, 3.63) is 53.8 Å². The molecule has 0 unspecified atom stereocenters. The van der Waals surface area contributed by atoms with E-state index in [1.54, 1.807) is 0 Å². The van der Waals surface area contributed by atoms with E-state index in [-0.39, 0.29) is 24.0 Å². The zero-order chi connectivity index (χ0) is 17.3. The van der Waals surface area contributed by atoms with Crippen molar-refractivity contribution >= 4 is 15.7 Å². The fourth-order valence-electron chi connectivity index (χ4n) is 2.59. The number of benzene rings is 2. The number of halogens is 1. The molecule has 0 radical (unpaired) electrons. The molecule has 0 amide bonds. The Kier molecular flexibility index (Phi) is 4.47. The van der Waals surface area contributed by atoms with E-state index in [9.17, 15) is 12.8 Å². The van der Waals surface area contributed by atoms with Gasteiger partial charge in [-0.05, 0) is 24.5 Å². The predicted molar refractivity (Wildman–Crippen MR) is 89.6 cm³/mol. The lowest BCUT2D eigenvalue weighted by molar-refractivity contribution is 0.393. The third kappa shape index (κ3) is 3.22. The van der Waals surface area contributed by atoms with Crippen molar-refractivity contribution in [3.63, 3.8) is 0 Å². The number of hydrogen-bond donors (Lipinski definition) is 1. The van der Waals surface area contributed by atoms with Gasteiger partial charge in [-0.3, -0.25) is 0 Å². The molecule has 1 aliphatic carbocycles. The summed E-state index contributed by atoms with van der Waals surface area (Å²) < 4.78 is 46.6. The molecule has 0 bridgehead atoms. The minimum absolute atomic E-state index is 0.0907. The molecule has 5 nitrogen and oxygen atoms in total. The van der Waals surface area contributed by atoms with Gasteiger partial charge in [0.25, 0.3) is 0 Å². The Morgan fingerprint density at radius 3 is 2.50 bits per heavy atom. The monoisotopic (exact) mass is 350 g/mol. The molecule has 0 aliphatic heterocycles. The minimum Gasteiger partial charge on any atom is -0.494 e. The highest BCUT2D eigenvalue weighted by Gasteiger charge is 2.39. The SMILES string of the molecule is COc1cc(F)c(S(=O)(=O)N(Cc2ccccc2)C2CC2)cc1N. The molecule has 1 aliphatic rings. The number of sulfonamides is 1. The van der Waals surface area contributed by atoms with E-state index < -0.39 is 20.7 Å². The lowest BCUT2D eigenvalue weighted by Crippen LogP contribution is -2.33. The van der Waals surface area contributed by atoms with Gasteiger partial charge in [0.2, 0.25) is 10.0 Å². The number of nitrogens with zero attached hydrogens (tertiary/aromatic N) is 1. The summed E-state index contributed by atoms with van der Waals surface area (Å²) in [4.78, 5) is -0.413. The second-order valence-corrected chi connectivity index (χ2v) is 7.65. The van der Waals surface area contributed by atoms with Crippen LogP contribution in [0.4, 0.5) is 10.1 Å². The Morgan fingerprint density at radius 2 is 1.92 bits per heavy atom. The molecule has 0 atom stereocenters. The molecule has 2 N–H and O–H groups in total. The van der Waals surface area contributed by atoms with Crippen LogP contribution in [0, 0.1) is 5.82 Å². The van der Waals surface area contributed by atoms with E-state index in [2.05, 4.69) is 0 Å². The number of rotatable bonds is 6. The van der Waals surface area contributed by atoms with Crippen LogP contribution < -0.4 is 10.5 Å². The number of methoxy groups -OCH3 is 1. The maximum absolute atomic E-state index is 14.4. The summed E-state index contributed by atoms with van der Waals surface area (Å²) in [6, 6.07) is 11.3. The van der Waals surface area contributed by atoms with Gasteiger partial charge in [0.05, 0.1) is 12.8 Å². The molecule has 0 aromatic heterocycles. The molecular weight excluding hydrogens is 331 g/mol. The highest BCUT2D eigenvalue weighted by atomic mass is 32.2. The molecule has 0 saturated heterocycles. The van der Waals surface area contributed by atoms with Gasteiger partial charge in [0.1, 0.15) is 16.5 Å². The number of hydrogen-bond acceptors (Lipinski definition) is 4. The van der Waals surface area contributed by atoms with E-state index in [0.29, 0.717) is 0 Å². The Hall–Kier alpha value is -2.12. The maximum Gasteiger partial charge on any atom is 0.246 e. The van der Waals surface area contributed by atoms with Crippen LogP contribution in [-0.2, 0) is 16.6 Å². The molecular formula is C17H19FN2O3S.